The van der Waals surface area contributed by atoms with Crippen LogP contribution in [0, 0.1) is 0 Å². The molecule has 2 aliphatic rings. The number of hydrogen-bond acceptors (Lipinski definition) is 4. The molecule has 0 atom stereocenters. The van der Waals surface area contributed by atoms with Gasteiger partial charge in [-0.15, -0.1) is 0 Å². The third kappa shape index (κ3) is 4.11. The van der Waals surface area contributed by atoms with E-state index in [0.29, 0.717) is 6.04 Å². The van der Waals surface area contributed by atoms with Crippen molar-refractivity contribution >= 4 is 0 Å². The van der Waals surface area contributed by atoms with Gasteiger partial charge in [0.2, 0.25) is 0 Å². The molecule has 0 spiro atoms. The summed E-state index contributed by atoms with van der Waals surface area (Å²) in [6.07, 6.45) is 5.25. The summed E-state index contributed by atoms with van der Waals surface area (Å²) in [6, 6.07) is 6.85. The number of nitrogens with zero attached hydrogens (tertiary/aromatic N) is 1. The number of benzene rings is 1. The molecule has 1 aliphatic heterocycles. The molecule has 1 saturated carbocycles. The zero-order valence-corrected chi connectivity index (χ0v) is 12.9. The Morgan fingerprint density at radius 1 is 1.24 bits per heavy atom. The first-order valence-corrected chi connectivity index (χ1v) is 8.11. The van der Waals surface area contributed by atoms with Gasteiger partial charge in [0.15, 0.2) is 11.5 Å². The molecule has 0 unspecified atom stereocenters. The Morgan fingerprint density at radius 3 is 2.76 bits per heavy atom. The number of ether oxygens (including phenoxy) is 2. The van der Waals surface area contributed by atoms with E-state index in [9.17, 15) is 0 Å². The first-order chi connectivity index (χ1) is 10.4. The van der Waals surface area contributed by atoms with Crippen molar-refractivity contribution in [2.24, 2.45) is 0 Å². The molecule has 0 bridgehead atoms. The Kier molecular flexibility index (Phi) is 4.99. The van der Waals surface area contributed by atoms with E-state index in [2.05, 4.69) is 16.3 Å². The lowest BCUT2D eigenvalue weighted by molar-refractivity contribution is 0.228. The lowest BCUT2D eigenvalue weighted by atomic mass is 10.2. The number of methoxy groups -OCH3 is 1. The van der Waals surface area contributed by atoms with Crippen molar-refractivity contribution in [1.29, 1.82) is 0 Å². The van der Waals surface area contributed by atoms with Gasteiger partial charge in [0.05, 0.1) is 7.11 Å². The highest BCUT2D eigenvalue weighted by atomic mass is 16.5. The lowest BCUT2D eigenvalue weighted by Gasteiger charge is -2.18. The van der Waals surface area contributed by atoms with Gasteiger partial charge in [-0.2, -0.15) is 0 Å². The summed E-state index contributed by atoms with van der Waals surface area (Å²) in [4.78, 5) is 2.47. The second-order valence-electron chi connectivity index (χ2n) is 6.00. The van der Waals surface area contributed by atoms with Gasteiger partial charge in [0.1, 0.15) is 6.61 Å². The molecule has 21 heavy (non-hydrogen) atoms. The molecular formula is C17H26N2O2. The van der Waals surface area contributed by atoms with Crippen LogP contribution in [-0.2, 0) is 6.54 Å². The van der Waals surface area contributed by atoms with Crippen molar-refractivity contribution in [2.75, 3.05) is 33.4 Å². The van der Waals surface area contributed by atoms with E-state index in [-0.39, 0.29) is 0 Å². The minimum absolute atomic E-state index is 0.702. The van der Waals surface area contributed by atoms with E-state index in [1.165, 1.54) is 44.3 Å². The number of hydrogen-bond donors (Lipinski definition) is 1. The molecule has 116 valence electrons. The molecule has 4 heteroatoms. The number of rotatable bonds is 8. The zero-order valence-electron chi connectivity index (χ0n) is 12.9. The quantitative estimate of drug-likeness (QED) is 0.797. The predicted octanol–water partition coefficient (Wildman–Crippen LogP) is 2.42. The molecule has 1 aromatic rings. The molecule has 0 amide bonds. The van der Waals surface area contributed by atoms with Crippen LogP contribution in [0.3, 0.4) is 0 Å². The fourth-order valence-corrected chi connectivity index (χ4v) is 2.85. The zero-order chi connectivity index (χ0) is 14.5. The van der Waals surface area contributed by atoms with Crippen LogP contribution in [0.5, 0.6) is 11.5 Å². The molecule has 0 aromatic heterocycles. The average molecular weight is 290 g/mol. The molecule has 3 rings (SSSR count). The Morgan fingerprint density at radius 2 is 2.05 bits per heavy atom. The Hall–Kier alpha value is -1.26. The standard InChI is InChI=1S/C17H26N2O2/c1-20-16-6-4-5-14(13-18-15-7-8-15)17(16)21-12-11-19-9-2-3-10-19/h4-6,15,18H,2-3,7-13H2,1H3. The first-order valence-electron chi connectivity index (χ1n) is 8.11. The van der Waals surface area contributed by atoms with Gasteiger partial charge in [-0.05, 0) is 44.8 Å². The van der Waals surface area contributed by atoms with E-state index < -0.39 is 0 Å². The van der Waals surface area contributed by atoms with Gasteiger partial charge < -0.3 is 14.8 Å². The fraction of sp³-hybridized carbons (Fsp3) is 0.647. The minimum atomic E-state index is 0.702. The van der Waals surface area contributed by atoms with Gasteiger partial charge in [-0.1, -0.05) is 12.1 Å². The highest BCUT2D eigenvalue weighted by Gasteiger charge is 2.21. The van der Waals surface area contributed by atoms with Crippen LogP contribution in [0.15, 0.2) is 18.2 Å². The molecule has 1 saturated heterocycles. The monoisotopic (exact) mass is 290 g/mol. The summed E-state index contributed by atoms with van der Waals surface area (Å²) in [7, 11) is 1.71. The summed E-state index contributed by atoms with van der Waals surface area (Å²) >= 11 is 0. The maximum absolute atomic E-state index is 6.07. The SMILES string of the molecule is COc1cccc(CNC2CC2)c1OCCN1CCCC1. The maximum atomic E-state index is 6.07. The summed E-state index contributed by atoms with van der Waals surface area (Å²) in [5.41, 5.74) is 1.20. The van der Waals surface area contributed by atoms with Crippen molar-refractivity contribution in [1.82, 2.24) is 10.2 Å². The predicted molar refractivity (Wildman–Crippen MR) is 84.0 cm³/mol. The molecule has 2 fully saturated rings. The molecule has 1 heterocycles. The second kappa shape index (κ2) is 7.14. The largest absolute Gasteiger partial charge is 0.493 e. The van der Waals surface area contributed by atoms with E-state index in [4.69, 9.17) is 9.47 Å². The topological polar surface area (TPSA) is 33.7 Å². The van der Waals surface area contributed by atoms with E-state index >= 15 is 0 Å². The highest BCUT2D eigenvalue weighted by molar-refractivity contribution is 5.46. The van der Waals surface area contributed by atoms with Gasteiger partial charge in [0.25, 0.3) is 0 Å². The van der Waals surface area contributed by atoms with Crippen molar-refractivity contribution in [2.45, 2.75) is 38.3 Å². The number of para-hydroxylation sites is 1. The number of nitrogens with one attached hydrogen (secondary N) is 1. The van der Waals surface area contributed by atoms with Crippen LogP contribution in [0.25, 0.3) is 0 Å². The molecule has 0 radical (unpaired) electrons. The molecule has 4 nitrogen and oxygen atoms in total. The molecule has 1 N–H and O–H groups in total. The van der Waals surface area contributed by atoms with E-state index in [1.54, 1.807) is 7.11 Å². The highest BCUT2D eigenvalue weighted by Crippen LogP contribution is 2.32. The average Bonchev–Trinajstić information content (AvgIpc) is 3.20. The smallest absolute Gasteiger partial charge is 0.165 e. The van der Waals surface area contributed by atoms with Crippen LogP contribution in [-0.4, -0.2) is 44.3 Å². The third-order valence-electron chi connectivity index (χ3n) is 4.29. The van der Waals surface area contributed by atoms with E-state index in [0.717, 1.165) is 31.2 Å². The Balaban J connectivity index is 1.59. The minimum Gasteiger partial charge on any atom is -0.493 e. The Labute approximate surface area is 127 Å². The van der Waals surface area contributed by atoms with Gasteiger partial charge >= 0.3 is 0 Å². The van der Waals surface area contributed by atoms with Gasteiger partial charge in [-0.25, -0.2) is 0 Å². The summed E-state index contributed by atoms with van der Waals surface area (Å²) in [5, 5.41) is 3.55. The molecule has 1 aliphatic carbocycles. The normalized spacial score (nSPS) is 18.9. The van der Waals surface area contributed by atoms with Crippen molar-refractivity contribution < 1.29 is 9.47 Å². The Bertz CT molecular complexity index is 454. The summed E-state index contributed by atoms with van der Waals surface area (Å²) in [6.45, 7) is 5.03. The summed E-state index contributed by atoms with van der Waals surface area (Å²) in [5.74, 6) is 1.75. The van der Waals surface area contributed by atoms with Crippen LogP contribution in [0.1, 0.15) is 31.2 Å². The van der Waals surface area contributed by atoms with Crippen molar-refractivity contribution in [3.63, 3.8) is 0 Å². The first kappa shape index (κ1) is 14.7. The van der Waals surface area contributed by atoms with Crippen LogP contribution in [0.4, 0.5) is 0 Å². The lowest BCUT2D eigenvalue weighted by Crippen LogP contribution is -2.25. The van der Waals surface area contributed by atoms with Crippen molar-refractivity contribution in [3.8, 4) is 11.5 Å². The van der Waals surface area contributed by atoms with Crippen LogP contribution >= 0.6 is 0 Å². The maximum Gasteiger partial charge on any atom is 0.165 e. The van der Waals surface area contributed by atoms with Gasteiger partial charge in [-0.3, -0.25) is 4.90 Å². The van der Waals surface area contributed by atoms with Crippen LogP contribution in [0.2, 0.25) is 0 Å². The second-order valence-corrected chi connectivity index (χ2v) is 6.00. The third-order valence-corrected chi connectivity index (χ3v) is 4.29. The van der Waals surface area contributed by atoms with Crippen LogP contribution < -0.4 is 14.8 Å². The van der Waals surface area contributed by atoms with E-state index in [1.807, 2.05) is 12.1 Å². The fourth-order valence-electron chi connectivity index (χ4n) is 2.85. The van der Waals surface area contributed by atoms with Gasteiger partial charge in [0, 0.05) is 24.7 Å². The molecule has 1 aromatic carbocycles. The number of likely N-dealkylation sites (tertiary alicyclic amines) is 1. The molecular weight excluding hydrogens is 264 g/mol. The summed E-state index contributed by atoms with van der Waals surface area (Å²) < 4.78 is 11.5. The van der Waals surface area contributed by atoms with Crippen molar-refractivity contribution in [3.05, 3.63) is 23.8 Å².